The van der Waals surface area contributed by atoms with Crippen molar-refractivity contribution >= 4 is 6.08 Å². The quantitative estimate of drug-likeness (QED) is 0.686. The van der Waals surface area contributed by atoms with Crippen molar-refractivity contribution in [3.05, 3.63) is 59.7 Å². The number of hydrogen-bond donors (Lipinski definition) is 0. The Kier molecular flexibility index (Phi) is 2.37. The molecule has 0 amide bonds. The van der Waals surface area contributed by atoms with Gasteiger partial charge < -0.3 is 4.74 Å². The second-order valence-corrected chi connectivity index (χ2v) is 4.12. The fourth-order valence-corrected chi connectivity index (χ4v) is 2.12. The van der Waals surface area contributed by atoms with Crippen LogP contribution in [0.2, 0.25) is 0 Å². The molecule has 1 aliphatic heterocycles. The van der Waals surface area contributed by atoms with Crippen molar-refractivity contribution in [1.82, 2.24) is 0 Å². The van der Waals surface area contributed by atoms with Crippen molar-refractivity contribution in [2.24, 2.45) is 0 Å². The van der Waals surface area contributed by atoms with Crippen LogP contribution in [0.15, 0.2) is 54.1 Å². The maximum absolute atomic E-state index is 5.97. The van der Waals surface area contributed by atoms with E-state index in [9.17, 15) is 0 Å². The van der Waals surface area contributed by atoms with Crippen LogP contribution < -0.4 is 4.74 Å². The molecule has 1 nitrogen and oxygen atoms in total. The van der Waals surface area contributed by atoms with Crippen molar-refractivity contribution in [2.75, 3.05) is 0 Å². The third-order valence-corrected chi connectivity index (χ3v) is 2.98. The van der Waals surface area contributed by atoms with Crippen molar-refractivity contribution in [2.45, 2.75) is 18.9 Å². The second-order valence-electron chi connectivity index (χ2n) is 4.12. The van der Waals surface area contributed by atoms with Crippen molar-refractivity contribution < 1.29 is 4.74 Å². The van der Waals surface area contributed by atoms with Crippen LogP contribution in [0.4, 0.5) is 0 Å². The summed E-state index contributed by atoms with van der Waals surface area (Å²) in [5.74, 6) is 0.981. The molecule has 1 aliphatic carbocycles. The summed E-state index contributed by atoms with van der Waals surface area (Å²) in [5, 5.41) is 0. The highest BCUT2D eigenvalue weighted by atomic mass is 16.5. The van der Waals surface area contributed by atoms with Gasteiger partial charge in [-0.1, -0.05) is 42.5 Å². The zero-order chi connectivity index (χ0) is 10.8. The Morgan fingerprint density at radius 2 is 2.00 bits per heavy atom. The molecule has 0 N–H and O–H groups in total. The second kappa shape index (κ2) is 4.01. The maximum atomic E-state index is 5.97. The normalized spacial score (nSPS) is 22.2. The number of hydrogen-bond acceptors (Lipinski definition) is 1. The Morgan fingerprint density at radius 1 is 1.06 bits per heavy atom. The molecule has 3 rings (SSSR count). The third kappa shape index (κ3) is 1.69. The molecule has 0 saturated heterocycles. The van der Waals surface area contributed by atoms with Crippen molar-refractivity contribution in [3.8, 4) is 5.75 Å². The number of fused-ring (bicyclic) bond motifs is 1. The Bertz CT molecular complexity index is 480. The summed E-state index contributed by atoms with van der Waals surface area (Å²) in [5.41, 5.74) is 2.44. The molecule has 2 aliphatic rings. The molecule has 0 radical (unpaired) electrons. The van der Waals surface area contributed by atoms with Crippen LogP contribution in [0.1, 0.15) is 18.4 Å². The van der Waals surface area contributed by atoms with E-state index in [1.165, 1.54) is 11.1 Å². The molecule has 1 aromatic carbocycles. The molecular formula is C15H14O. The standard InChI is InChI=1S/C15H14O/c1-2-6-12(7-3-1)15-11-10-13-8-4-5-9-14(13)16-15/h2,4-11,15H,1,3H2. The van der Waals surface area contributed by atoms with E-state index in [0.29, 0.717) is 0 Å². The molecule has 16 heavy (non-hydrogen) atoms. The maximum Gasteiger partial charge on any atom is 0.142 e. The first-order valence-electron chi connectivity index (χ1n) is 5.74. The molecule has 0 bridgehead atoms. The zero-order valence-electron chi connectivity index (χ0n) is 9.10. The van der Waals surface area contributed by atoms with E-state index in [1.807, 2.05) is 18.2 Å². The van der Waals surface area contributed by atoms with Gasteiger partial charge in [0, 0.05) is 5.56 Å². The first-order chi connectivity index (χ1) is 7.93. The Hall–Kier alpha value is -1.76. The molecule has 1 aromatic rings. The van der Waals surface area contributed by atoms with Crippen LogP contribution >= 0.6 is 0 Å². The van der Waals surface area contributed by atoms with E-state index in [4.69, 9.17) is 4.74 Å². The van der Waals surface area contributed by atoms with Crippen molar-refractivity contribution in [1.29, 1.82) is 0 Å². The van der Waals surface area contributed by atoms with Gasteiger partial charge in [0.2, 0.25) is 0 Å². The Balaban J connectivity index is 1.88. The summed E-state index contributed by atoms with van der Waals surface area (Å²) in [6.45, 7) is 0. The molecule has 1 unspecified atom stereocenters. The monoisotopic (exact) mass is 210 g/mol. The van der Waals surface area contributed by atoms with Crippen LogP contribution in [0, 0.1) is 0 Å². The lowest BCUT2D eigenvalue weighted by molar-refractivity contribution is 0.283. The summed E-state index contributed by atoms with van der Waals surface area (Å²) < 4.78 is 5.97. The number of ether oxygens (including phenoxy) is 1. The van der Waals surface area contributed by atoms with E-state index >= 15 is 0 Å². The molecule has 0 aromatic heterocycles. The molecular weight excluding hydrogens is 196 g/mol. The Morgan fingerprint density at radius 3 is 2.88 bits per heavy atom. The molecule has 1 heterocycles. The van der Waals surface area contributed by atoms with E-state index in [-0.39, 0.29) is 6.10 Å². The van der Waals surface area contributed by atoms with Gasteiger partial charge in [0.1, 0.15) is 11.9 Å². The SMILES string of the molecule is C1=CC(C2C=Cc3ccccc3O2)=CCC1. The summed E-state index contributed by atoms with van der Waals surface area (Å²) in [4.78, 5) is 0. The van der Waals surface area contributed by atoms with Crippen LogP contribution in [0.25, 0.3) is 6.08 Å². The van der Waals surface area contributed by atoms with Gasteiger partial charge in [-0.3, -0.25) is 0 Å². The Labute approximate surface area is 95.7 Å². The van der Waals surface area contributed by atoms with E-state index < -0.39 is 0 Å². The van der Waals surface area contributed by atoms with E-state index in [2.05, 4.69) is 36.4 Å². The van der Waals surface area contributed by atoms with Gasteiger partial charge in [-0.2, -0.15) is 0 Å². The smallest absolute Gasteiger partial charge is 0.142 e. The van der Waals surface area contributed by atoms with Crippen LogP contribution in [0.5, 0.6) is 5.75 Å². The van der Waals surface area contributed by atoms with Gasteiger partial charge in [-0.05, 0) is 30.6 Å². The molecule has 0 fully saturated rings. The predicted octanol–water partition coefficient (Wildman–Crippen LogP) is 3.74. The first-order valence-corrected chi connectivity index (χ1v) is 5.74. The molecule has 1 atom stereocenters. The number of allylic oxidation sites excluding steroid dienone is 2. The highest BCUT2D eigenvalue weighted by Crippen LogP contribution is 2.29. The summed E-state index contributed by atoms with van der Waals surface area (Å²) in [6, 6.07) is 8.15. The van der Waals surface area contributed by atoms with Gasteiger partial charge in [0.25, 0.3) is 0 Å². The largest absolute Gasteiger partial charge is 0.481 e. The summed E-state index contributed by atoms with van der Waals surface area (Å²) in [7, 11) is 0. The topological polar surface area (TPSA) is 9.23 Å². The first kappa shape index (κ1) is 9.46. The van der Waals surface area contributed by atoms with Crippen LogP contribution in [-0.2, 0) is 0 Å². The fraction of sp³-hybridized carbons (Fsp3) is 0.200. The highest BCUT2D eigenvalue weighted by Gasteiger charge is 2.17. The van der Waals surface area contributed by atoms with Gasteiger partial charge in [0.15, 0.2) is 0 Å². The van der Waals surface area contributed by atoms with Crippen molar-refractivity contribution in [3.63, 3.8) is 0 Å². The van der Waals surface area contributed by atoms with Gasteiger partial charge >= 0.3 is 0 Å². The lowest BCUT2D eigenvalue weighted by Crippen LogP contribution is -2.19. The average Bonchev–Trinajstić information content (AvgIpc) is 2.39. The fourth-order valence-electron chi connectivity index (χ4n) is 2.12. The van der Waals surface area contributed by atoms with E-state index in [0.717, 1.165) is 18.6 Å². The predicted molar refractivity (Wildman–Crippen MR) is 66.3 cm³/mol. The van der Waals surface area contributed by atoms with Gasteiger partial charge in [-0.25, -0.2) is 0 Å². The number of rotatable bonds is 1. The van der Waals surface area contributed by atoms with Gasteiger partial charge in [-0.15, -0.1) is 0 Å². The van der Waals surface area contributed by atoms with Crippen LogP contribution in [-0.4, -0.2) is 6.10 Å². The minimum atomic E-state index is 0.0893. The molecule has 0 spiro atoms. The zero-order valence-corrected chi connectivity index (χ0v) is 9.10. The summed E-state index contributed by atoms with van der Waals surface area (Å²) in [6.07, 6.45) is 13.3. The number of para-hydroxylation sites is 1. The minimum Gasteiger partial charge on any atom is -0.481 e. The van der Waals surface area contributed by atoms with Crippen LogP contribution in [0.3, 0.4) is 0 Å². The van der Waals surface area contributed by atoms with E-state index in [1.54, 1.807) is 0 Å². The number of benzene rings is 1. The third-order valence-electron chi connectivity index (χ3n) is 2.98. The molecule has 1 heteroatoms. The highest BCUT2D eigenvalue weighted by molar-refractivity contribution is 5.61. The minimum absolute atomic E-state index is 0.0893. The summed E-state index contributed by atoms with van der Waals surface area (Å²) >= 11 is 0. The lowest BCUT2D eigenvalue weighted by atomic mass is 9.99. The lowest BCUT2D eigenvalue weighted by Gasteiger charge is -2.23. The molecule has 80 valence electrons. The molecule has 0 saturated carbocycles. The average molecular weight is 210 g/mol. The van der Waals surface area contributed by atoms with Gasteiger partial charge in [0.05, 0.1) is 0 Å².